The van der Waals surface area contributed by atoms with E-state index in [1.165, 1.54) is 39.0 Å². The lowest BCUT2D eigenvalue weighted by Gasteiger charge is -2.36. The molecule has 10 nitrogen and oxygen atoms in total. The Balaban J connectivity index is 1.68. The van der Waals surface area contributed by atoms with Crippen molar-refractivity contribution in [3.05, 3.63) is 74.7 Å². The summed E-state index contributed by atoms with van der Waals surface area (Å²) in [6, 6.07) is 9.22. The molecule has 1 fully saturated rings. The lowest BCUT2D eigenvalue weighted by Crippen LogP contribution is -2.53. The number of benzene rings is 2. The van der Waals surface area contributed by atoms with E-state index in [2.05, 4.69) is 4.98 Å². The molecule has 1 unspecified atom stereocenters. The molecular formula is C24H24FN5O5. The van der Waals surface area contributed by atoms with E-state index in [0.29, 0.717) is 11.8 Å². The Morgan fingerprint density at radius 3 is 2.57 bits per heavy atom. The van der Waals surface area contributed by atoms with Gasteiger partial charge < -0.3 is 19.5 Å². The van der Waals surface area contributed by atoms with Crippen LogP contribution in [-0.4, -0.2) is 77.7 Å². The molecule has 2 amide bonds. The number of anilines is 1. The van der Waals surface area contributed by atoms with Crippen LogP contribution in [0, 0.1) is 5.82 Å². The number of aromatic nitrogens is 2. The molecule has 2 heterocycles. The summed E-state index contributed by atoms with van der Waals surface area (Å²) in [4.78, 5) is 68.2. The van der Waals surface area contributed by atoms with Gasteiger partial charge in [0.25, 0.3) is 5.56 Å². The van der Waals surface area contributed by atoms with Gasteiger partial charge in [0, 0.05) is 27.2 Å². The molecule has 3 aromatic rings. The summed E-state index contributed by atoms with van der Waals surface area (Å²) in [5, 5.41) is 0.232. The van der Waals surface area contributed by atoms with Crippen molar-refractivity contribution in [3.8, 4) is 0 Å². The van der Waals surface area contributed by atoms with Crippen LogP contribution in [0.1, 0.15) is 11.6 Å². The van der Waals surface area contributed by atoms with Gasteiger partial charge in [-0.2, -0.15) is 0 Å². The number of nitrogens with one attached hydrogen (secondary N) is 1. The number of amides is 2. The highest BCUT2D eigenvalue weighted by Crippen LogP contribution is 2.27. The maximum Gasteiger partial charge on any atom is 0.329 e. The molecule has 2 aromatic carbocycles. The Labute approximate surface area is 199 Å². The van der Waals surface area contributed by atoms with Crippen LogP contribution in [0.4, 0.5) is 10.1 Å². The van der Waals surface area contributed by atoms with Crippen molar-refractivity contribution >= 4 is 34.7 Å². The zero-order valence-corrected chi connectivity index (χ0v) is 19.2. The molecule has 1 aliphatic heterocycles. The first-order valence-corrected chi connectivity index (χ1v) is 10.9. The van der Waals surface area contributed by atoms with Gasteiger partial charge in [0.05, 0.1) is 29.7 Å². The van der Waals surface area contributed by atoms with Gasteiger partial charge in [-0.1, -0.05) is 18.2 Å². The third-order valence-electron chi connectivity index (χ3n) is 6.05. The largest absolute Gasteiger partial charge is 0.358 e. The zero-order valence-electron chi connectivity index (χ0n) is 19.2. The van der Waals surface area contributed by atoms with Gasteiger partial charge in [-0.05, 0) is 29.8 Å². The second-order valence-corrected chi connectivity index (χ2v) is 8.46. The van der Waals surface area contributed by atoms with Gasteiger partial charge in [-0.25, -0.2) is 9.18 Å². The number of hydrogen-bond donors (Lipinski definition) is 1. The van der Waals surface area contributed by atoms with E-state index in [9.17, 15) is 28.4 Å². The average molecular weight is 481 g/mol. The van der Waals surface area contributed by atoms with Gasteiger partial charge in [0.1, 0.15) is 18.1 Å². The molecule has 1 aliphatic rings. The predicted molar refractivity (Wildman–Crippen MR) is 127 cm³/mol. The number of carbonyl (C=O) groups excluding carboxylic acids is 3. The van der Waals surface area contributed by atoms with Crippen molar-refractivity contribution in [1.29, 1.82) is 0 Å². The molecule has 0 saturated carbocycles. The van der Waals surface area contributed by atoms with Crippen LogP contribution in [0.15, 0.2) is 52.1 Å². The molecule has 0 bridgehead atoms. The molecule has 0 aliphatic carbocycles. The van der Waals surface area contributed by atoms with Crippen molar-refractivity contribution in [2.24, 2.45) is 0 Å². The number of piperazine rings is 1. The minimum Gasteiger partial charge on any atom is -0.358 e. The Hall–Kier alpha value is -4.28. The van der Waals surface area contributed by atoms with E-state index in [1.54, 1.807) is 32.3 Å². The molecule has 1 N–H and O–H groups in total. The summed E-state index contributed by atoms with van der Waals surface area (Å²) in [6.07, 6.45) is 0.541. The van der Waals surface area contributed by atoms with E-state index in [-0.39, 0.29) is 54.6 Å². The van der Waals surface area contributed by atoms with Crippen molar-refractivity contribution in [2.45, 2.75) is 6.04 Å². The lowest BCUT2D eigenvalue weighted by atomic mass is 10.0. The number of nitrogens with zero attached hydrogens (tertiary/aromatic N) is 4. The molecule has 1 saturated heterocycles. The van der Waals surface area contributed by atoms with Crippen LogP contribution < -0.4 is 16.1 Å². The Bertz CT molecular complexity index is 1430. The highest BCUT2D eigenvalue weighted by Gasteiger charge is 2.28. The number of aldehydes is 1. The smallest absolute Gasteiger partial charge is 0.329 e. The van der Waals surface area contributed by atoms with E-state index in [4.69, 9.17) is 0 Å². The van der Waals surface area contributed by atoms with E-state index in [1.807, 2.05) is 0 Å². The summed E-state index contributed by atoms with van der Waals surface area (Å²) >= 11 is 0. The fourth-order valence-electron chi connectivity index (χ4n) is 4.12. The third-order valence-corrected chi connectivity index (χ3v) is 6.05. The first kappa shape index (κ1) is 23.9. The molecule has 182 valence electrons. The molecular weight excluding hydrogens is 457 g/mol. The van der Waals surface area contributed by atoms with Crippen LogP contribution in [0.25, 0.3) is 10.9 Å². The number of rotatable bonds is 6. The minimum atomic E-state index is -1.14. The fourth-order valence-corrected chi connectivity index (χ4v) is 4.12. The zero-order chi connectivity index (χ0) is 25.3. The van der Waals surface area contributed by atoms with Crippen LogP contribution in [0.5, 0.6) is 0 Å². The highest BCUT2D eigenvalue weighted by atomic mass is 19.1. The average Bonchev–Trinajstić information content (AvgIpc) is 2.83. The van der Waals surface area contributed by atoms with Crippen LogP contribution in [-0.2, 0) is 14.4 Å². The molecule has 0 radical (unpaired) electrons. The first-order chi connectivity index (χ1) is 16.7. The Morgan fingerprint density at radius 2 is 1.89 bits per heavy atom. The summed E-state index contributed by atoms with van der Waals surface area (Å²) in [7, 11) is 3.20. The highest BCUT2D eigenvalue weighted by molar-refractivity contribution is 5.88. The van der Waals surface area contributed by atoms with Gasteiger partial charge >= 0.3 is 5.69 Å². The van der Waals surface area contributed by atoms with Crippen molar-refractivity contribution < 1.29 is 18.8 Å². The van der Waals surface area contributed by atoms with Crippen molar-refractivity contribution in [3.63, 3.8) is 0 Å². The number of aromatic amines is 1. The van der Waals surface area contributed by atoms with Crippen LogP contribution >= 0.6 is 0 Å². The summed E-state index contributed by atoms with van der Waals surface area (Å²) < 4.78 is 16.0. The standard InChI is InChI=1S/C24H24FN5O5/c1-27(2)21(32)12-29-10-9-28(13-22(29)33)19-11-15(7-8-17(19)25)20(14-31)30-18-6-4-3-5-16(18)23(34)26-24(30)35/h3-8,11,14,20H,9-10,12-13H2,1-2H3,(H,26,34,35). The normalized spacial score (nSPS) is 14.8. The number of H-pyrrole nitrogens is 1. The number of carbonyl (C=O) groups is 3. The Kier molecular flexibility index (Phi) is 6.50. The SMILES string of the molecule is CN(C)C(=O)CN1CCN(c2cc(C(C=O)n3c(=O)[nH]c(=O)c4ccccc43)ccc2F)CC1=O. The lowest BCUT2D eigenvalue weighted by molar-refractivity contribution is -0.139. The monoisotopic (exact) mass is 481 g/mol. The van der Waals surface area contributed by atoms with E-state index < -0.39 is 23.1 Å². The summed E-state index contributed by atoms with van der Waals surface area (Å²) in [6.45, 7) is 0.301. The third kappa shape index (κ3) is 4.57. The minimum absolute atomic E-state index is 0.0579. The number of hydrogen-bond acceptors (Lipinski definition) is 6. The van der Waals surface area contributed by atoms with Crippen LogP contribution in [0.2, 0.25) is 0 Å². The molecule has 11 heteroatoms. The topological polar surface area (TPSA) is 116 Å². The number of fused-ring (bicyclic) bond motifs is 1. The summed E-state index contributed by atoms with van der Waals surface area (Å²) in [5.74, 6) is -1.14. The number of likely N-dealkylation sites (N-methyl/N-ethyl adjacent to an activating group) is 1. The number of para-hydroxylation sites is 1. The predicted octanol–water partition coefficient (Wildman–Crippen LogP) is 0.354. The Morgan fingerprint density at radius 1 is 1.14 bits per heavy atom. The molecule has 0 spiro atoms. The molecule has 1 atom stereocenters. The molecule has 35 heavy (non-hydrogen) atoms. The van der Waals surface area contributed by atoms with Gasteiger partial charge in [0.15, 0.2) is 0 Å². The van der Waals surface area contributed by atoms with Crippen molar-refractivity contribution in [1.82, 2.24) is 19.4 Å². The van der Waals surface area contributed by atoms with Crippen LogP contribution in [0.3, 0.4) is 0 Å². The number of halogens is 1. The first-order valence-electron chi connectivity index (χ1n) is 10.9. The summed E-state index contributed by atoms with van der Waals surface area (Å²) in [5.41, 5.74) is -0.670. The van der Waals surface area contributed by atoms with Crippen molar-refractivity contribution in [2.75, 3.05) is 45.2 Å². The molecule has 1 aromatic heterocycles. The fraction of sp³-hybridized carbons (Fsp3) is 0.292. The quantitative estimate of drug-likeness (QED) is 0.508. The van der Waals surface area contributed by atoms with E-state index in [0.717, 1.165) is 4.57 Å². The van der Waals surface area contributed by atoms with E-state index >= 15 is 0 Å². The van der Waals surface area contributed by atoms with Gasteiger partial charge in [-0.15, -0.1) is 0 Å². The maximum absolute atomic E-state index is 14.8. The second kappa shape index (κ2) is 9.53. The molecule has 4 rings (SSSR count). The second-order valence-electron chi connectivity index (χ2n) is 8.46. The van der Waals surface area contributed by atoms with Gasteiger partial charge in [0.2, 0.25) is 11.8 Å². The van der Waals surface area contributed by atoms with Gasteiger partial charge in [-0.3, -0.25) is 23.9 Å². The maximum atomic E-state index is 14.8.